The first-order valence-corrected chi connectivity index (χ1v) is 11.6. The first-order chi connectivity index (χ1) is 15.8. The highest BCUT2D eigenvalue weighted by molar-refractivity contribution is 5.22. The third-order valence-corrected chi connectivity index (χ3v) is 5.48. The third kappa shape index (κ3) is 10.5. The topological polar surface area (TPSA) is 68.2 Å². The Morgan fingerprint density at radius 3 is 1.39 bits per heavy atom. The van der Waals surface area contributed by atoms with Gasteiger partial charge in [-0.2, -0.15) is 0 Å². The molecule has 5 nitrogen and oxygen atoms in total. The van der Waals surface area contributed by atoms with Crippen LogP contribution in [0.1, 0.15) is 53.4 Å². The minimum atomic E-state index is 0.0407. The van der Waals surface area contributed by atoms with Crippen LogP contribution in [0.25, 0.3) is 0 Å². The summed E-state index contributed by atoms with van der Waals surface area (Å²) in [6, 6.07) is 19.4. The molecule has 0 heterocycles. The SMILES string of the molecule is CC(CCC(C)Oc1ccccc1)=C(O)COCC(O)=C(C)CCC(C)Oc1ccccc1. The van der Waals surface area contributed by atoms with Crippen molar-refractivity contribution < 1.29 is 24.4 Å². The predicted octanol–water partition coefficient (Wildman–Crippen LogP) is 7.16. The van der Waals surface area contributed by atoms with Gasteiger partial charge in [-0.05, 0) is 88.8 Å². The van der Waals surface area contributed by atoms with Gasteiger partial charge in [-0.1, -0.05) is 36.4 Å². The summed E-state index contributed by atoms with van der Waals surface area (Å²) >= 11 is 0. The molecule has 2 aromatic rings. The van der Waals surface area contributed by atoms with Gasteiger partial charge in [0.2, 0.25) is 0 Å². The maximum atomic E-state index is 10.3. The third-order valence-electron chi connectivity index (χ3n) is 5.48. The minimum absolute atomic E-state index is 0.0407. The van der Waals surface area contributed by atoms with E-state index in [2.05, 4.69) is 0 Å². The highest BCUT2D eigenvalue weighted by Crippen LogP contribution is 2.18. The summed E-state index contributed by atoms with van der Waals surface area (Å²) in [6.45, 7) is 7.97. The van der Waals surface area contributed by atoms with Gasteiger partial charge in [0.05, 0.1) is 12.2 Å². The molecule has 0 aromatic heterocycles. The molecule has 0 amide bonds. The smallest absolute Gasteiger partial charge is 0.119 e. The molecular formula is C28H38O5. The Hall–Kier alpha value is -2.92. The molecule has 0 saturated heterocycles. The van der Waals surface area contributed by atoms with Crippen LogP contribution in [0.15, 0.2) is 83.3 Å². The molecule has 2 aromatic carbocycles. The van der Waals surface area contributed by atoms with E-state index < -0.39 is 0 Å². The molecule has 0 saturated carbocycles. The second kappa shape index (κ2) is 14.3. The van der Waals surface area contributed by atoms with E-state index in [0.29, 0.717) is 12.8 Å². The molecule has 180 valence electrons. The van der Waals surface area contributed by atoms with Gasteiger partial charge in [0.25, 0.3) is 0 Å². The molecule has 0 aliphatic rings. The van der Waals surface area contributed by atoms with Gasteiger partial charge in [-0.15, -0.1) is 0 Å². The maximum Gasteiger partial charge on any atom is 0.119 e. The van der Waals surface area contributed by atoms with E-state index in [0.717, 1.165) is 35.5 Å². The van der Waals surface area contributed by atoms with Crippen LogP contribution in [0, 0.1) is 0 Å². The normalized spacial score (nSPS) is 14.7. The Balaban J connectivity index is 1.68. The largest absolute Gasteiger partial charge is 0.510 e. The van der Waals surface area contributed by atoms with Crippen molar-refractivity contribution in [1.82, 2.24) is 0 Å². The molecule has 2 rings (SSSR count). The Kier molecular flexibility index (Phi) is 11.4. The lowest BCUT2D eigenvalue weighted by Crippen LogP contribution is -2.13. The van der Waals surface area contributed by atoms with Crippen LogP contribution in [0.2, 0.25) is 0 Å². The number of hydrogen-bond acceptors (Lipinski definition) is 5. The molecular weight excluding hydrogens is 416 g/mol. The number of aliphatic hydroxyl groups excluding tert-OH is 2. The van der Waals surface area contributed by atoms with Crippen molar-refractivity contribution in [2.45, 2.75) is 65.6 Å². The van der Waals surface area contributed by atoms with Crippen LogP contribution in [-0.4, -0.2) is 35.6 Å². The second-order valence-corrected chi connectivity index (χ2v) is 8.51. The van der Waals surface area contributed by atoms with Crippen LogP contribution in [0.5, 0.6) is 11.5 Å². The van der Waals surface area contributed by atoms with Gasteiger partial charge >= 0.3 is 0 Å². The van der Waals surface area contributed by atoms with Gasteiger partial charge in [0, 0.05) is 0 Å². The molecule has 0 bridgehead atoms. The number of ether oxygens (including phenoxy) is 3. The first kappa shape index (κ1) is 26.3. The Labute approximate surface area is 198 Å². The average Bonchev–Trinajstić information content (AvgIpc) is 2.82. The molecule has 33 heavy (non-hydrogen) atoms. The fraction of sp³-hybridized carbons (Fsp3) is 0.429. The van der Waals surface area contributed by atoms with Crippen molar-refractivity contribution >= 4 is 0 Å². The van der Waals surface area contributed by atoms with Crippen molar-refractivity contribution in [3.05, 3.63) is 83.3 Å². The summed E-state index contributed by atoms with van der Waals surface area (Å²) < 4.78 is 17.3. The number of allylic oxidation sites excluding steroid dienone is 2. The van der Waals surface area contributed by atoms with Gasteiger partial charge < -0.3 is 24.4 Å². The maximum absolute atomic E-state index is 10.3. The van der Waals surface area contributed by atoms with Crippen molar-refractivity contribution in [3.8, 4) is 11.5 Å². The molecule has 2 N–H and O–H groups in total. The summed E-state index contributed by atoms with van der Waals surface area (Å²) in [6.07, 6.45) is 3.08. The lowest BCUT2D eigenvalue weighted by Gasteiger charge is -2.16. The van der Waals surface area contributed by atoms with Gasteiger partial charge in [-0.25, -0.2) is 0 Å². The van der Waals surface area contributed by atoms with E-state index >= 15 is 0 Å². The molecule has 0 spiro atoms. The van der Waals surface area contributed by atoms with Crippen LogP contribution >= 0.6 is 0 Å². The highest BCUT2D eigenvalue weighted by atomic mass is 16.5. The average molecular weight is 455 g/mol. The standard InChI is InChI=1S/C28H38O5/c1-21(15-17-23(3)32-25-11-7-5-8-12-25)27(29)19-31-20-28(30)22(2)16-18-24(4)33-26-13-9-6-10-14-26/h5-14,23-24,29-30H,15-20H2,1-4H3. The Morgan fingerprint density at radius 2 is 1.03 bits per heavy atom. The van der Waals surface area contributed by atoms with Crippen LogP contribution in [0.4, 0.5) is 0 Å². The van der Waals surface area contributed by atoms with E-state index in [9.17, 15) is 10.2 Å². The number of rotatable bonds is 14. The van der Waals surface area contributed by atoms with Crippen molar-refractivity contribution in [3.63, 3.8) is 0 Å². The number of benzene rings is 2. The van der Waals surface area contributed by atoms with Gasteiger partial charge in [0.1, 0.15) is 36.2 Å². The van der Waals surface area contributed by atoms with Crippen LogP contribution in [0.3, 0.4) is 0 Å². The quantitative estimate of drug-likeness (QED) is 0.296. The number of para-hydroxylation sites is 2. The van der Waals surface area contributed by atoms with E-state index in [-0.39, 0.29) is 36.9 Å². The van der Waals surface area contributed by atoms with Crippen LogP contribution in [-0.2, 0) is 4.74 Å². The predicted molar refractivity (Wildman–Crippen MR) is 133 cm³/mol. The zero-order chi connectivity index (χ0) is 24.1. The molecule has 0 aliphatic heterocycles. The molecule has 5 heteroatoms. The molecule has 0 fully saturated rings. The van der Waals surface area contributed by atoms with E-state index in [1.807, 2.05) is 88.4 Å². The van der Waals surface area contributed by atoms with Crippen molar-refractivity contribution in [2.75, 3.05) is 13.2 Å². The minimum Gasteiger partial charge on any atom is -0.510 e. The molecule has 0 radical (unpaired) electrons. The van der Waals surface area contributed by atoms with E-state index in [1.54, 1.807) is 0 Å². The summed E-state index contributed by atoms with van der Waals surface area (Å²) in [5.74, 6) is 2.10. The van der Waals surface area contributed by atoms with E-state index in [4.69, 9.17) is 14.2 Å². The van der Waals surface area contributed by atoms with Crippen LogP contribution < -0.4 is 9.47 Å². The fourth-order valence-corrected chi connectivity index (χ4v) is 3.20. The first-order valence-electron chi connectivity index (χ1n) is 11.6. The van der Waals surface area contributed by atoms with Gasteiger partial charge in [0.15, 0.2) is 0 Å². The lowest BCUT2D eigenvalue weighted by atomic mass is 10.1. The molecule has 2 unspecified atom stereocenters. The number of hydrogen-bond donors (Lipinski definition) is 2. The fourth-order valence-electron chi connectivity index (χ4n) is 3.20. The molecule has 2 atom stereocenters. The highest BCUT2D eigenvalue weighted by Gasteiger charge is 2.10. The summed E-state index contributed by atoms with van der Waals surface area (Å²) in [7, 11) is 0. The zero-order valence-electron chi connectivity index (χ0n) is 20.3. The Bertz CT molecular complexity index is 800. The van der Waals surface area contributed by atoms with Crippen molar-refractivity contribution in [2.24, 2.45) is 0 Å². The summed E-state index contributed by atoms with van der Waals surface area (Å²) in [4.78, 5) is 0. The monoisotopic (exact) mass is 454 g/mol. The number of aliphatic hydroxyl groups is 2. The summed E-state index contributed by atoms with van der Waals surface area (Å²) in [5.41, 5.74) is 1.73. The zero-order valence-corrected chi connectivity index (χ0v) is 20.3. The Morgan fingerprint density at radius 1 is 0.667 bits per heavy atom. The van der Waals surface area contributed by atoms with Crippen molar-refractivity contribution in [1.29, 1.82) is 0 Å². The van der Waals surface area contributed by atoms with Gasteiger partial charge in [-0.3, -0.25) is 0 Å². The molecule has 0 aliphatic carbocycles. The lowest BCUT2D eigenvalue weighted by molar-refractivity contribution is 0.119. The second-order valence-electron chi connectivity index (χ2n) is 8.51. The van der Waals surface area contributed by atoms with E-state index in [1.165, 1.54) is 0 Å². The summed E-state index contributed by atoms with van der Waals surface area (Å²) in [5, 5.41) is 20.6.